The number of H-pyrrole nitrogens is 1. The number of nitrogens with one attached hydrogen (secondary N) is 1. The van der Waals surface area contributed by atoms with Crippen molar-refractivity contribution in [3.63, 3.8) is 0 Å². The molecule has 0 spiro atoms. The summed E-state index contributed by atoms with van der Waals surface area (Å²) in [7, 11) is 0. The van der Waals surface area contributed by atoms with Crippen LogP contribution in [-0.2, 0) is 6.42 Å². The van der Waals surface area contributed by atoms with Gasteiger partial charge in [0.1, 0.15) is 0 Å². The molecule has 5 nitrogen and oxygen atoms in total. The summed E-state index contributed by atoms with van der Waals surface area (Å²) in [5.74, 6) is 0. The lowest BCUT2D eigenvalue weighted by molar-refractivity contribution is 1.11. The Bertz CT molecular complexity index is 992. The van der Waals surface area contributed by atoms with E-state index in [0.717, 1.165) is 5.56 Å². The van der Waals surface area contributed by atoms with Crippen molar-refractivity contribution in [2.75, 3.05) is 0 Å². The van der Waals surface area contributed by atoms with E-state index in [1.807, 2.05) is 30.3 Å². The third-order valence-corrected chi connectivity index (χ3v) is 4.14. The molecule has 0 fully saturated rings. The number of pyridine rings is 1. The van der Waals surface area contributed by atoms with Crippen molar-refractivity contribution in [2.45, 2.75) is 6.42 Å². The Balaban J connectivity index is 2.35. The van der Waals surface area contributed by atoms with Gasteiger partial charge in [-0.25, -0.2) is 0 Å². The van der Waals surface area contributed by atoms with Crippen molar-refractivity contribution >= 4 is 39.8 Å². The van der Waals surface area contributed by atoms with Crippen LogP contribution in [-0.4, -0.2) is 4.98 Å². The maximum Gasteiger partial charge on any atom is 0.252 e. The minimum atomic E-state index is -0.354. The van der Waals surface area contributed by atoms with Crippen LogP contribution in [0.25, 0.3) is 21.3 Å². The van der Waals surface area contributed by atoms with Crippen molar-refractivity contribution in [1.82, 2.24) is 4.98 Å². The van der Waals surface area contributed by atoms with Gasteiger partial charge in [-0.1, -0.05) is 58.6 Å². The van der Waals surface area contributed by atoms with Gasteiger partial charge in [0.15, 0.2) is 0 Å². The smallest absolute Gasteiger partial charge is 0.252 e. The molecule has 1 aromatic heterocycles. The molecule has 0 radical (unpaired) electrons. The van der Waals surface area contributed by atoms with Gasteiger partial charge in [-0.2, -0.15) is 0 Å². The largest absolute Gasteiger partial charge is 0.320 e. The van der Waals surface area contributed by atoms with Crippen molar-refractivity contribution in [1.29, 1.82) is 0 Å². The third-order valence-electron chi connectivity index (χ3n) is 3.51. The SMILES string of the molecule is [N-]=[N+]=Nc1c(Cc2ccccc2)c(=O)[nH]c2c(Cl)ccc(Cl)c12. The second kappa shape index (κ2) is 6.34. The van der Waals surface area contributed by atoms with E-state index in [0.29, 0.717) is 32.9 Å². The number of fused-ring (bicyclic) bond motifs is 1. The molecule has 1 N–H and O–H groups in total. The van der Waals surface area contributed by atoms with Crippen LogP contribution in [0, 0.1) is 0 Å². The van der Waals surface area contributed by atoms with E-state index in [4.69, 9.17) is 28.7 Å². The molecule has 3 aromatic rings. The van der Waals surface area contributed by atoms with E-state index in [-0.39, 0.29) is 11.2 Å². The Hall–Kier alpha value is -2.46. The topological polar surface area (TPSA) is 81.6 Å². The van der Waals surface area contributed by atoms with Crippen molar-refractivity contribution in [3.8, 4) is 0 Å². The van der Waals surface area contributed by atoms with Crippen molar-refractivity contribution < 1.29 is 0 Å². The fourth-order valence-electron chi connectivity index (χ4n) is 2.47. The molecule has 0 aliphatic rings. The van der Waals surface area contributed by atoms with Crippen LogP contribution in [0.2, 0.25) is 10.0 Å². The van der Waals surface area contributed by atoms with E-state index in [2.05, 4.69) is 15.0 Å². The van der Waals surface area contributed by atoms with Crippen LogP contribution in [0.3, 0.4) is 0 Å². The quantitative estimate of drug-likeness (QED) is 0.386. The van der Waals surface area contributed by atoms with E-state index in [1.165, 1.54) is 0 Å². The second-order valence-electron chi connectivity index (χ2n) is 4.91. The van der Waals surface area contributed by atoms with Crippen LogP contribution >= 0.6 is 23.2 Å². The molecule has 1 heterocycles. The molecule has 2 aromatic carbocycles. The maximum absolute atomic E-state index is 12.5. The van der Waals surface area contributed by atoms with Gasteiger partial charge in [0.05, 0.1) is 21.2 Å². The number of rotatable bonds is 3. The molecule has 23 heavy (non-hydrogen) atoms. The molecule has 0 atom stereocenters. The van der Waals surface area contributed by atoms with Gasteiger partial charge < -0.3 is 4.98 Å². The average Bonchev–Trinajstić information content (AvgIpc) is 2.55. The minimum Gasteiger partial charge on any atom is -0.320 e. The van der Waals surface area contributed by atoms with Gasteiger partial charge in [0.2, 0.25) is 0 Å². The molecule has 0 unspecified atom stereocenters. The Morgan fingerprint density at radius 2 is 1.78 bits per heavy atom. The van der Waals surface area contributed by atoms with E-state index in [1.54, 1.807) is 12.1 Å². The summed E-state index contributed by atoms with van der Waals surface area (Å²) in [6.07, 6.45) is 0.323. The van der Waals surface area contributed by atoms with E-state index < -0.39 is 0 Å². The number of nitrogens with zero attached hydrogens (tertiary/aromatic N) is 3. The highest BCUT2D eigenvalue weighted by Crippen LogP contribution is 2.36. The number of azide groups is 1. The molecule has 0 bridgehead atoms. The lowest BCUT2D eigenvalue weighted by atomic mass is 10.0. The summed E-state index contributed by atoms with van der Waals surface area (Å²) in [5, 5.41) is 4.85. The highest BCUT2D eigenvalue weighted by molar-refractivity contribution is 6.40. The first-order valence-electron chi connectivity index (χ1n) is 6.73. The average molecular weight is 345 g/mol. The minimum absolute atomic E-state index is 0.211. The summed E-state index contributed by atoms with van der Waals surface area (Å²) < 4.78 is 0. The molecule has 0 aliphatic heterocycles. The van der Waals surface area contributed by atoms with Crippen LogP contribution in [0.5, 0.6) is 0 Å². The zero-order chi connectivity index (χ0) is 16.4. The van der Waals surface area contributed by atoms with Crippen LogP contribution in [0.15, 0.2) is 52.4 Å². The molecule has 0 saturated carbocycles. The monoisotopic (exact) mass is 344 g/mol. The molecule has 0 saturated heterocycles. The predicted molar refractivity (Wildman–Crippen MR) is 92.6 cm³/mol. The summed E-state index contributed by atoms with van der Waals surface area (Å²) in [6.45, 7) is 0. The zero-order valence-corrected chi connectivity index (χ0v) is 13.3. The maximum atomic E-state index is 12.5. The van der Waals surface area contributed by atoms with Gasteiger partial charge >= 0.3 is 0 Å². The van der Waals surface area contributed by atoms with Gasteiger partial charge in [0, 0.05) is 22.3 Å². The Morgan fingerprint density at radius 1 is 1.09 bits per heavy atom. The molecule has 0 aliphatic carbocycles. The number of halogens is 2. The van der Waals surface area contributed by atoms with Crippen molar-refractivity contribution in [2.24, 2.45) is 5.11 Å². The van der Waals surface area contributed by atoms with Crippen LogP contribution in [0.1, 0.15) is 11.1 Å². The fourth-order valence-corrected chi connectivity index (χ4v) is 2.92. The molecule has 114 valence electrons. The van der Waals surface area contributed by atoms with E-state index >= 15 is 0 Å². The molecule has 3 rings (SSSR count). The first kappa shape index (κ1) is 15.4. The van der Waals surface area contributed by atoms with Gasteiger partial charge in [-0.15, -0.1) is 0 Å². The summed E-state index contributed by atoms with van der Waals surface area (Å²) in [4.78, 5) is 18.0. The Morgan fingerprint density at radius 3 is 2.48 bits per heavy atom. The second-order valence-corrected chi connectivity index (χ2v) is 5.73. The summed E-state index contributed by atoms with van der Waals surface area (Å²) in [5.41, 5.74) is 10.4. The first-order valence-corrected chi connectivity index (χ1v) is 7.49. The first-order chi connectivity index (χ1) is 11.1. The lowest BCUT2D eigenvalue weighted by Gasteiger charge is -2.11. The molecule has 7 heteroatoms. The highest BCUT2D eigenvalue weighted by Gasteiger charge is 2.16. The summed E-state index contributed by atoms with van der Waals surface area (Å²) >= 11 is 12.4. The number of aromatic nitrogens is 1. The highest BCUT2D eigenvalue weighted by atomic mass is 35.5. The van der Waals surface area contributed by atoms with Crippen molar-refractivity contribution in [3.05, 3.63) is 84.4 Å². The van der Waals surface area contributed by atoms with Gasteiger partial charge in [-0.3, -0.25) is 4.79 Å². The number of aromatic amines is 1. The van der Waals surface area contributed by atoms with E-state index in [9.17, 15) is 4.79 Å². The molecular weight excluding hydrogens is 335 g/mol. The Kier molecular flexibility index (Phi) is 4.26. The predicted octanol–water partition coefficient (Wildman–Crippen LogP) is 5.37. The van der Waals surface area contributed by atoms with Gasteiger partial charge in [0.25, 0.3) is 5.56 Å². The lowest BCUT2D eigenvalue weighted by Crippen LogP contribution is -2.13. The fraction of sp³-hybridized carbons (Fsp3) is 0.0625. The third kappa shape index (κ3) is 2.90. The standard InChI is InChI=1S/C16H10Cl2N4O/c17-11-6-7-12(18)15-13(11)14(21-22-19)10(16(23)20-15)8-9-4-2-1-3-5-9/h1-7H,8H2,(H,20,23). The number of hydrogen-bond acceptors (Lipinski definition) is 2. The zero-order valence-electron chi connectivity index (χ0n) is 11.8. The molecular formula is C16H10Cl2N4O. The van der Waals surface area contributed by atoms with Gasteiger partial charge in [-0.05, 0) is 23.2 Å². The van der Waals surface area contributed by atoms with Crippen LogP contribution < -0.4 is 5.56 Å². The van der Waals surface area contributed by atoms with Crippen LogP contribution in [0.4, 0.5) is 5.69 Å². The molecule has 0 amide bonds. The normalized spacial score (nSPS) is 10.5. The summed E-state index contributed by atoms with van der Waals surface area (Å²) in [6, 6.07) is 12.6. The Labute approximate surface area is 141 Å². The number of benzene rings is 2. The number of hydrogen-bond donors (Lipinski definition) is 1.